The fourth-order valence-electron chi connectivity index (χ4n) is 3.35. The second kappa shape index (κ2) is 9.42. The molecule has 2 atom stereocenters. The zero-order valence-corrected chi connectivity index (χ0v) is 16.5. The van der Waals surface area contributed by atoms with Gasteiger partial charge in [0.1, 0.15) is 0 Å². The van der Waals surface area contributed by atoms with E-state index in [9.17, 15) is 9.59 Å². The number of ether oxygens (including phenoxy) is 1. The number of carbonyl (C=O) groups excluding carboxylic acids is 2. The fraction of sp³-hybridized carbons (Fsp3) is 0.600. The highest BCUT2D eigenvalue weighted by Crippen LogP contribution is 2.26. The Balaban J connectivity index is 1.39. The fourth-order valence-corrected chi connectivity index (χ4v) is 3.61. The number of halogens is 1. The molecule has 3 amide bonds. The van der Waals surface area contributed by atoms with Crippen molar-refractivity contribution < 1.29 is 14.3 Å². The highest BCUT2D eigenvalue weighted by atomic mass is 35.5. The van der Waals surface area contributed by atoms with Gasteiger partial charge in [-0.25, -0.2) is 4.79 Å². The zero-order chi connectivity index (χ0) is 19.2. The van der Waals surface area contributed by atoms with Gasteiger partial charge in [0.05, 0.1) is 23.3 Å². The smallest absolute Gasteiger partial charge is 0.319 e. The Morgan fingerprint density at radius 1 is 1.19 bits per heavy atom. The number of amides is 3. The number of benzene rings is 1. The minimum absolute atomic E-state index is 0.174. The molecule has 0 aromatic heterocycles. The number of hydrogen-bond acceptors (Lipinski definition) is 3. The Labute approximate surface area is 165 Å². The van der Waals surface area contributed by atoms with Gasteiger partial charge >= 0.3 is 6.03 Å². The monoisotopic (exact) mass is 393 g/mol. The number of urea groups is 1. The summed E-state index contributed by atoms with van der Waals surface area (Å²) in [4.78, 5) is 24.1. The Morgan fingerprint density at radius 3 is 2.67 bits per heavy atom. The molecule has 0 heterocycles. The third kappa shape index (κ3) is 6.11. The molecule has 148 valence electrons. The molecule has 3 N–H and O–H groups in total. The maximum atomic E-state index is 12.1. The average molecular weight is 394 g/mol. The quantitative estimate of drug-likeness (QED) is 0.613. The number of nitrogens with one attached hydrogen (secondary N) is 3. The molecule has 3 rings (SSSR count). The van der Waals surface area contributed by atoms with Crippen molar-refractivity contribution in [2.24, 2.45) is 5.92 Å². The van der Waals surface area contributed by atoms with Gasteiger partial charge < -0.3 is 20.7 Å². The van der Waals surface area contributed by atoms with E-state index in [1.165, 1.54) is 19.3 Å². The van der Waals surface area contributed by atoms with Crippen LogP contribution in [0.1, 0.15) is 55.8 Å². The molecule has 0 spiro atoms. The summed E-state index contributed by atoms with van der Waals surface area (Å²) in [5.41, 5.74) is 0.965. The Hall–Kier alpha value is -1.79. The van der Waals surface area contributed by atoms with Crippen molar-refractivity contribution in [3.8, 4) is 0 Å². The van der Waals surface area contributed by atoms with E-state index in [1.54, 1.807) is 18.2 Å². The lowest BCUT2D eigenvalue weighted by atomic mass is 9.88. The first-order valence-electron chi connectivity index (χ1n) is 9.80. The molecule has 1 aromatic rings. The van der Waals surface area contributed by atoms with Crippen molar-refractivity contribution >= 4 is 29.2 Å². The van der Waals surface area contributed by atoms with E-state index in [0.717, 1.165) is 19.3 Å². The molecule has 27 heavy (non-hydrogen) atoms. The molecule has 2 aliphatic rings. The summed E-state index contributed by atoms with van der Waals surface area (Å²) in [6, 6.07) is 4.84. The third-order valence-corrected chi connectivity index (χ3v) is 5.45. The predicted molar refractivity (Wildman–Crippen MR) is 106 cm³/mol. The molecule has 7 heteroatoms. The summed E-state index contributed by atoms with van der Waals surface area (Å²) in [7, 11) is 0. The standard InChI is InChI=1S/C20H28ClN3O3/c1-13-4-2-3-5-18(13)27-11-10-22-20(26)24-15-8-9-16(17(21)12-15)19(25)23-14-6-7-14/h8-9,12-14,18H,2-7,10-11H2,1H3,(H,23,25)(H2,22,24,26)/t13-,18+/m0/s1. The van der Waals surface area contributed by atoms with Crippen LogP contribution in [0.4, 0.5) is 10.5 Å². The van der Waals surface area contributed by atoms with E-state index >= 15 is 0 Å². The lowest BCUT2D eigenvalue weighted by Gasteiger charge is -2.28. The van der Waals surface area contributed by atoms with Gasteiger partial charge in [0.15, 0.2) is 0 Å². The number of carbonyl (C=O) groups is 2. The summed E-state index contributed by atoms with van der Waals surface area (Å²) in [5.74, 6) is 0.415. The number of anilines is 1. The van der Waals surface area contributed by atoms with Crippen molar-refractivity contribution in [3.05, 3.63) is 28.8 Å². The zero-order valence-electron chi connectivity index (χ0n) is 15.7. The Kier molecular flexibility index (Phi) is 6.96. The largest absolute Gasteiger partial charge is 0.376 e. The maximum absolute atomic E-state index is 12.1. The molecular weight excluding hydrogens is 366 g/mol. The second-order valence-electron chi connectivity index (χ2n) is 7.49. The summed E-state index contributed by atoms with van der Waals surface area (Å²) in [6.45, 7) is 3.18. The maximum Gasteiger partial charge on any atom is 0.319 e. The van der Waals surface area contributed by atoms with Gasteiger partial charge in [-0.2, -0.15) is 0 Å². The number of rotatable bonds is 7. The van der Waals surface area contributed by atoms with Crippen LogP contribution in [-0.4, -0.2) is 37.2 Å². The van der Waals surface area contributed by atoms with Crippen molar-refractivity contribution in [1.82, 2.24) is 10.6 Å². The van der Waals surface area contributed by atoms with Crippen LogP contribution in [0.3, 0.4) is 0 Å². The lowest BCUT2D eigenvalue weighted by molar-refractivity contribution is -0.00232. The highest BCUT2D eigenvalue weighted by Gasteiger charge is 2.25. The molecule has 0 radical (unpaired) electrons. The Bertz CT molecular complexity index is 678. The van der Waals surface area contributed by atoms with Crippen LogP contribution in [0, 0.1) is 5.92 Å². The molecular formula is C20H28ClN3O3. The number of hydrogen-bond donors (Lipinski definition) is 3. The van der Waals surface area contributed by atoms with Crippen LogP contribution in [0.15, 0.2) is 18.2 Å². The minimum atomic E-state index is -0.318. The average Bonchev–Trinajstić information content (AvgIpc) is 3.44. The summed E-state index contributed by atoms with van der Waals surface area (Å²) < 4.78 is 5.89. The second-order valence-corrected chi connectivity index (χ2v) is 7.90. The van der Waals surface area contributed by atoms with Crippen LogP contribution in [0.2, 0.25) is 5.02 Å². The summed E-state index contributed by atoms with van der Waals surface area (Å²) in [6.07, 6.45) is 7.17. The molecule has 0 saturated heterocycles. The normalized spacial score (nSPS) is 22.1. The van der Waals surface area contributed by atoms with Crippen LogP contribution < -0.4 is 16.0 Å². The van der Waals surface area contributed by atoms with Gasteiger partial charge in [-0.15, -0.1) is 0 Å². The molecule has 1 aromatic carbocycles. The molecule has 0 bridgehead atoms. The van der Waals surface area contributed by atoms with E-state index < -0.39 is 0 Å². The molecule has 2 saturated carbocycles. The van der Waals surface area contributed by atoms with Crippen LogP contribution in [-0.2, 0) is 4.74 Å². The van der Waals surface area contributed by atoms with E-state index in [4.69, 9.17) is 16.3 Å². The van der Waals surface area contributed by atoms with Gasteiger partial charge in [0.2, 0.25) is 0 Å². The lowest BCUT2D eigenvalue weighted by Crippen LogP contribution is -2.34. The summed E-state index contributed by atoms with van der Waals surface area (Å²) in [5, 5.41) is 8.73. The first-order chi connectivity index (χ1) is 13.0. The van der Waals surface area contributed by atoms with Crippen molar-refractivity contribution in [3.63, 3.8) is 0 Å². The third-order valence-electron chi connectivity index (χ3n) is 5.14. The first-order valence-corrected chi connectivity index (χ1v) is 10.2. The van der Waals surface area contributed by atoms with Gasteiger partial charge in [0.25, 0.3) is 5.91 Å². The van der Waals surface area contributed by atoms with Crippen LogP contribution >= 0.6 is 11.6 Å². The first kappa shape index (κ1) is 20.0. The van der Waals surface area contributed by atoms with Gasteiger partial charge in [0, 0.05) is 18.3 Å². The molecule has 2 fully saturated rings. The van der Waals surface area contributed by atoms with Crippen molar-refractivity contribution in [2.75, 3.05) is 18.5 Å². The summed E-state index contributed by atoms with van der Waals surface area (Å²) >= 11 is 6.19. The van der Waals surface area contributed by atoms with Crippen LogP contribution in [0.5, 0.6) is 0 Å². The predicted octanol–water partition coefficient (Wildman–Crippen LogP) is 3.95. The van der Waals surface area contributed by atoms with Crippen molar-refractivity contribution in [1.29, 1.82) is 0 Å². The molecule has 0 aliphatic heterocycles. The van der Waals surface area contributed by atoms with Gasteiger partial charge in [-0.1, -0.05) is 31.4 Å². The van der Waals surface area contributed by atoms with Crippen molar-refractivity contribution in [2.45, 2.75) is 57.6 Å². The highest BCUT2D eigenvalue weighted by molar-refractivity contribution is 6.34. The van der Waals surface area contributed by atoms with Crippen LogP contribution in [0.25, 0.3) is 0 Å². The molecule has 0 unspecified atom stereocenters. The minimum Gasteiger partial charge on any atom is -0.376 e. The Morgan fingerprint density at radius 2 is 1.96 bits per heavy atom. The van der Waals surface area contributed by atoms with E-state index in [-0.39, 0.29) is 18.0 Å². The van der Waals surface area contributed by atoms with E-state index in [1.807, 2.05) is 0 Å². The molecule has 6 nitrogen and oxygen atoms in total. The van der Waals surface area contributed by atoms with E-state index in [2.05, 4.69) is 22.9 Å². The topological polar surface area (TPSA) is 79.5 Å². The van der Waals surface area contributed by atoms with Gasteiger partial charge in [-0.3, -0.25) is 4.79 Å². The SMILES string of the molecule is C[C@H]1CCCC[C@H]1OCCNC(=O)Nc1ccc(C(=O)NC2CC2)c(Cl)c1. The molecule has 2 aliphatic carbocycles. The van der Waals surface area contributed by atoms with E-state index in [0.29, 0.717) is 41.4 Å². The van der Waals surface area contributed by atoms with Gasteiger partial charge in [-0.05, 0) is 49.8 Å².